The molecule has 0 aliphatic carbocycles. The highest BCUT2D eigenvalue weighted by Crippen LogP contribution is 2.26. The first kappa shape index (κ1) is 21.8. The molecule has 8 nitrogen and oxygen atoms in total. The van der Waals surface area contributed by atoms with Gasteiger partial charge < -0.3 is 14.6 Å². The maximum absolute atomic E-state index is 13.1. The van der Waals surface area contributed by atoms with Gasteiger partial charge in [0.1, 0.15) is 6.04 Å². The van der Waals surface area contributed by atoms with E-state index in [1.807, 2.05) is 0 Å². The summed E-state index contributed by atoms with van der Waals surface area (Å²) in [6, 6.07) is 12.1. The number of fused-ring (bicyclic) bond motifs is 1. The minimum atomic E-state index is -0.785. The quantitative estimate of drug-likeness (QED) is 0.484. The van der Waals surface area contributed by atoms with Crippen LogP contribution in [0.4, 0.5) is 0 Å². The van der Waals surface area contributed by atoms with E-state index in [1.54, 1.807) is 50.2 Å². The number of aromatic hydroxyl groups is 1. The predicted molar refractivity (Wildman–Crippen MR) is 116 cm³/mol. The Hall–Kier alpha value is -3.94. The van der Waals surface area contributed by atoms with Crippen LogP contribution in [0, 0.1) is 0 Å². The van der Waals surface area contributed by atoms with Gasteiger partial charge in [0, 0.05) is 17.0 Å². The van der Waals surface area contributed by atoms with E-state index in [-0.39, 0.29) is 18.1 Å². The first-order chi connectivity index (χ1) is 14.9. The van der Waals surface area contributed by atoms with Gasteiger partial charge in [-0.25, -0.2) is 14.2 Å². The van der Waals surface area contributed by atoms with Gasteiger partial charge in [0.25, 0.3) is 5.56 Å². The van der Waals surface area contributed by atoms with Crippen LogP contribution in [0.15, 0.2) is 58.3 Å². The fourth-order valence-corrected chi connectivity index (χ4v) is 3.11. The molecule has 1 heterocycles. The monoisotopic (exact) mass is 422 g/mol. The topological polar surface area (TPSA) is 107 Å². The van der Waals surface area contributed by atoms with Crippen LogP contribution in [0.1, 0.15) is 29.8 Å². The molecule has 2 aromatic carbocycles. The Morgan fingerprint density at radius 1 is 1.13 bits per heavy atom. The molecule has 3 aromatic rings. The first-order valence-electron chi connectivity index (χ1n) is 9.64. The number of pyridine rings is 1. The fraction of sp³-hybridized carbons (Fsp3) is 0.217. The van der Waals surface area contributed by atoms with Gasteiger partial charge in [-0.15, -0.1) is 0 Å². The Morgan fingerprint density at radius 2 is 1.77 bits per heavy atom. The van der Waals surface area contributed by atoms with Crippen molar-refractivity contribution in [3.63, 3.8) is 0 Å². The number of hydrogen-bond acceptors (Lipinski definition) is 7. The van der Waals surface area contributed by atoms with Crippen molar-refractivity contribution in [3.8, 4) is 11.6 Å². The standard InChI is InChI=1S/C23H22N2O6/c1-4-31-23(29)15-9-11-16(12-10-15)25-20(26)18-8-6-5-7-17(18)19(21(25)27)13-24-14(2)22(28)30-3/h5-14,27H,4H2,1-3H3/t14-/m1/s1. The molecule has 0 amide bonds. The number of carbonyl (C=O) groups is 2. The molecule has 0 saturated carbocycles. The number of methoxy groups -OCH3 is 1. The molecule has 0 aliphatic rings. The number of esters is 2. The molecular formula is C23H22N2O6. The van der Waals surface area contributed by atoms with Crippen molar-refractivity contribution in [2.75, 3.05) is 13.7 Å². The molecule has 1 N–H and O–H groups in total. The minimum absolute atomic E-state index is 0.248. The second kappa shape index (κ2) is 9.25. The molecule has 0 saturated heterocycles. The predicted octanol–water partition coefficient (Wildman–Crippen LogP) is 2.85. The zero-order valence-corrected chi connectivity index (χ0v) is 17.4. The van der Waals surface area contributed by atoms with Crippen molar-refractivity contribution in [3.05, 3.63) is 70.0 Å². The Bertz CT molecular complexity index is 1210. The summed E-state index contributed by atoms with van der Waals surface area (Å²) in [5.41, 5.74) is 0.528. The number of hydrogen-bond donors (Lipinski definition) is 1. The van der Waals surface area contributed by atoms with Crippen molar-refractivity contribution < 1.29 is 24.2 Å². The van der Waals surface area contributed by atoms with E-state index in [9.17, 15) is 19.5 Å². The SMILES string of the molecule is CCOC(=O)c1ccc(-n2c(O)c(C=N[C@H](C)C(=O)OC)c3ccccc3c2=O)cc1. The molecule has 0 unspecified atom stereocenters. The van der Waals surface area contributed by atoms with Gasteiger partial charge in [-0.2, -0.15) is 0 Å². The molecule has 0 bridgehead atoms. The zero-order valence-electron chi connectivity index (χ0n) is 17.4. The second-order valence-corrected chi connectivity index (χ2v) is 6.67. The highest BCUT2D eigenvalue weighted by molar-refractivity contribution is 6.02. The normalized spacial score (nSPS) is 12.1. The first-order valence-corrected chi connectivity index (χ1v) is 9.64. The third kappa shape index (κ3) is 4.32. The second-order valence-electron chi connectivity index (χ2n) is 6.67. The lowest BCUT2D eigenvalue weighted by Crippen LogP contribution is -2.21. The molecule has 1 atom stereocenters. The summed E-state index contributed by atoms with van der Waals surface area (Å²) in [5, 5.41) is 11.8. The summed E-state index contributed by atoms with van der Waals surface area (Å²) in [7, 11) is 1.27. The van der Waals surface area contributed by atoms with Gasteiger partial charge >= 0.3 is 11.9 Å². The van der Waals surface area contributed by atoms with E-state index in [1.165, 1.54) is 25.5 Å². The molecule has 160 valence electrons. The lowest BCUT2D eigenvalue weighted by atomic mass is 10.1. The third-order valence-electron chi connectivity index (χ3n) is 4.71. The van der Waals surface area contributed by atoms with E-state index in [4.69, 9.17) is 4.74 Å². The number of nitrogens with zero attached hydrogens (tertiary/aromatic N) is 2. The van der Waals surface area contributed by atoms with E-state index < -0.39 is 23.5 Å². The lowest BCUT2D eigenvalue weighted by molar-refractivity contribution is -0.141. The van der Waals surface area contributed by atoms with E-state index in [0.717, 1.165) is 4.57 Å². The molecule has 31 heavy (non-hydrogen) atoms. The van der Waals surface area contributed by atoms with Crippen molar-refractivity contribution in [1.82, 2.24) is 4.57 Å². The number of ether oxygens (including phenoxy) is 2. The summed E-state index contributed by atoms with van der Waals surface area (Å²) in [6.45, 7) is 3.52. The molecule has 0 aliphatic heterocycles. The number of rotatable bonds is 6. The summed E-state index contributed by atoms with van der Waals surface area (Å²) in [5.74, 6) is -1.34. The Balaban J connectivity index is 2.17. The molecule has 0 radical (unpaired) electrons. The van der Waals surface area contributed by atoms with Gasteiger partial charge in [-0.3, -0.25) is 9.79 Å². The smallest absolute Gasteiger partial charge is 0.338 e. The third-order valence-corrected chi connectivity index (χ3v) is 4.71. The average molecular weight is 422 g/mol. The zero-order chi connectivity index (χ0) is 22.5. The number of benzene rings is 2. The maximum atomic E-state index is 13.1. The molecule has 8 heteroatoms. The summed E-state index contributed by atoms with van der Waals surface area (Å²) in [6.07, 6.45) is 1.35. The Kier molecular flexibility index (Phi) is 6.49. The van der Waals surface area contributed by atoms with E-state index in [2.05, 4.69) is 9.73 Å². The number of aromatic nitrogens is 1. The highest BCUT2D eigenvalue weighted by Gasteiger charge is 2.18. The Morgan fingerprint density at radius 3 is 2.39 bits per heavy atom. The van der Waals surface area contributed by atoms with Crippen molar-refractivity contribution in [2.24, 2.45) is 4.99 Å². The molecule has 0 fully saturated rings. The van der Waals surface area contributed by atoms with Gasteiger partial charge in [-0.1, -0.05) is 18.2 Å². The van der Waals surface area contributed by atoms with Gasteiger partial charge in [0.2, 0.25) is 5.88 Å². The van der Waals surface area contributed by atoms with E-state index >= 15 is 0 Å². The average Bonchev–Trinajstić information content (AvgIpc) is 2.79. The van der Waals surface area contributed by atoms with E-state index in [0.29, 0.717) is 22.0 Å². The molecule has 1 aromatic heterocycles. The number of carbonyl (C=O) groups excluding carboxylic acids is 2. The van der Waals surface area contributed by atoms with Gasteiger partial charge in [0.15, 0.2) is 0 Å². The summed E-state index contributed by atoms with van der Waals surface area (Å²) >= 11 is 0. The number of aliphatic imine (C=N–C) groups is 1. The van der Waals surface area contributed by atoms with Crippen LogP contribution < -0.4 is 5.56 Å². The molecule has 0 spiro atoms. The summed E-state index contributed by atoms with van der Waals surface area (Å²) < 4.78 is 10.8. The van der Waals surface area contributed by atoms with Gasteiger partial charge in [-0.05, 0) is 44.2 Å². The molecular weight excluding hydrogens is 400 g/mol. The van der Waals surface area contributed by atoms with Crippen LogP contribution in [0.3, 0.4) is 0 Å². The van der Waals surface area contributed by atoms with Gasteiger partial charge in [0.05, 0.1) is 30.5 Å². The lowest BCUT2D eigenvalue weighted by Gasteiger charge is -2.14. The van der Waals surface area contributed by atoms with Crippen molar-refractivity contribution in [2.45, 2.75) is 19.9 Å². The Labute approximate surface area is 178 Å². The van der Waals surface area contributed by atoms with Crippen LogP contribution in [-0.4, -0.2) is 47.6 Å². The maximum Gasteiger partial charge on any atom is 0.338 e. The van der Waals surface area contributed by atoms with Crippen LogP contribution in [0.5, 0.6) is 5.88 Å². The molecule has 3 rings (SSSR count). The summed E-state index contributed by atoms with van der Waals surface area (Å²) in [4.78, 5) is 40.8. The van der Waals surface area contributed by atoms with Crippen LogP contribution in [-0.2, 0) is 14.3 Å². The van der Waals surface area contributed by atoms with Crippen LogP contribution >= 0.6 is 0 Å². The van der Waals surface area contributed by atoms with Crippen molar-refractivity contribution >= 4 is 28.9 Å². The minimum Gasteiger partial charge on any atom is -0.494 e. The fourth-order valence-electron chi connectivity index (χ4n) is 3.11. The highest BCUT2D eigenvalue weighted by atomic mass is 16.5. The van der Waals surface area contributed by atoms with Crippen LogP contribution in [0.2, 0.25) is 0 Å². The van der Waals surface area contributed by atoms with Crippen LogP contribution in [0.25, 0.3) is 16.5 Å². The largest absolute Gasteiger partial charge is 0.494 e. The van der Waals surface area contributed by atoms with Crippen molar-refractivity contribution in [1.29, 1.82) is 0 Å².